The predicted molar refractivity (Wildman–Crippen MR) is 71.7 cm³/mol. The van der Waals surface area contributed by atoms with Crippen molar-refractivity contribution >= 4 is 0 Å². The Morgan fingerprint density at radius 2 is 2.11 bits per heavy atom. The number of hydrogen-bond donors (Lipinski definition) is 1. The van der Waals surface area contributed by atoms with Crippen LogP contribution in [0.2, 0.25) is 0 Å². The van der Waals surface area contributed by atoms with Gasteiger partial charge in [-0.2, -0.15) is 5.10 Å². The van der Waals surface area contributed by atoms with Crippen LogP contribution in [0.4, 0.5) is 0 Å². The molecule has 4 nitrogen and oxygen atoms in total. The average Bonchev–Trinajstić information content (AvgIpc) is 2.67. The number of para-hydroxylation sites is 1. The fourth-order valence-corrected chi connectivity index (χ4v) is 1.89. The van der Waals surface area contributed by atoms with E-state index in [1.165, 1.54) is 0 Å². The van der Waals surface area contributed by atoms with E-state index in [4.69, 9.17) is 10.5 Å². The maximum Gasteiger partial charge on any atom is 0.217 e. The van der Waals surface area contributed by atoms with Crippen molar-refractivity contribution in [2.75, 3.05) is 0 Å². The Kier molecular flexibility index (Phi) is 3.67. The van der Waals surface area contributed by atoms with E-state index in [0.717, 1.165) is 29.3 Å². The average molecular weight is 245 g/mol. The molecule has 96 valence electrons. The number of nitrogens with two attached hydrogens (primary N) is 1. The number of benzene rings is 1. The van der Waals surface area contributed by atoms with Crippen LogP contribution in [-0.4, -0.2) is 9.78 Å². The van der Waals surface area contributed by atoms with Gasteiger partial charge in [0.15, 0.2) is 0 Å². The molecule has 4 heteroatoms. The third kappa shape index (κ3) is 2.54. The van der Waals surface area contributed by atoms with E-state index >= 15 is 0 Å². The molecule has 0 unspecified atom stereocenters. The highest BCUT2D eigenvalue weighted by Gasteiger charge is 2.12. The smallest absolute Gasteiger partial charge is 0.217 e. The molecule has 1 aromatic carbocycles. The Balaban J connectivity index is 2.31. The molecule has 2 aromatic rings. The molecule has 0 bridgehead atoms. The molecule has 1 aromatic heterocycles. The highest BCUT2D eigenvalue weighted by atomic mass is 16.5. The molecule has 2 N–H and O–H groups in total. The summed E-state index contributed by atoms with van der Waals surface area (Å²) in [5, 5.41) is 4.26. The van der Waals surface area contributed by atoms with E-state index < -0.39 is 0 Å². The molecule has 0 aliphatic heterocycles. The van der Waals surface area contributed by atoms with Crippen LogP contribution in [-0.2, 0) is 7.05 Å². The third-order valence-corrected chi connectivity index (χ3v) is 2.93. The van der Waals surface area contributed by atoms with Crippen molar-refractivity contribution in [2.45, 2.75) is 26.3 Å². The SMILES string of the molecule is CC[C@@H](N)c1ccccc1Oc1cc(C)nn1C. The van der Waals surface area contributed by atoms with Crippen LogP contribution in [0.15, 0.2) is 30.3 Å². The second kappa shape index (κ2) is 5.23. The molecule has 18 heavy (non-hydrogen) atoms. The Labute approximate surface area is 107 Å². The lowest BCUT2D eigenvalue weighted by Gasteiger charge is -2.15. The molecule has 0 amide bonds. The van der Waals surface area contributed by atoms with Gasteiger partial charge in [-0.15, -0.1) is 0 Å². The minimum Gasteiger partial charge on any atom is -0.439 e. The quantitative estimate of drug-likeness (QED) is 0.901. The third-order valence-electron chi connectivity index (χ3n) is 2.93. The van der Waals surface area contributed by atoms with Crippen LogP contribution in [0, 0.1) is 6.92 Å². The first-order valence-corrected chi connectivity index (χ1v) is 6.14. The fraction of sp³-hybridized carbons (Fsp3) is 0.357. The Morgan fingerprint density at radius 3 is 2.72 bits per heavy atom. The largest absolute Gasteiger partial charge is 0.439 e. The number of aryl methyl sites for hydroxylation is 2. The van der Waals surface area contributed by atoms with Gasteiger partial charge in [-0.3, -0.25) is 0 Å². The highest BCUT2D eigenvalue weighted by Crippen LogP contribution is 2.29. The van der Waals surface area contributed by atoms with E-state index in [1.54, 1.807) is 4.68 Å². The zero-order chi connectivity index (χ0) is 13.1. The molecule has 1 heterocycles. The first-order chi connectivity index (χ1) is 8.61. The van der Waals surface area contributed by atoms with Crippen LogP contribution in [0.5, 0.6) is 11.6 Å². The molecular formula is C14H19N3O. The second-order valence-electron chi connectivity index (χ2n) is 4.40. The van der Waals surface area contributed by atoms with Crippen molar-refractivity contribution in [3.05, 3.63) is 41.6 Å². The molecule has 0 saturated heterocycles. The maximum atomic E-state index is 6.09. The van der Waals surface area contributed by atoms with E-state index in [9.17, 15) is 0 Å². The van der Waals surface area contributed by atoms with Gasteiger partial charge in [0, 0.05) is 24.7 Å². The first kappa shape index (κ1) is 12.6. The zero-order valence-electron chi connectivity index (χ0n) is 11.1. The van der Waals surface area contributed by atoms with Gasteiger partial charge < -0.3 is 10.5 Å². The van der Waals surface area contributed by atoms with Crippen molar-refractivity contribution in [1.29, 1.82) is 0 Å². The molecule has 0 aliphatic carbocycles. The summed E-state index contributed by atoms with van der Waals surface area (Å²) in [6, 6.07) is 9.78. The van der Waals surface area contributed by atoms with E-state index in [1.807, 2.05) is 44.3 Å². The second-order valence-corrected chi connectivity index (χ2v) is 4.40. The predicted octanol–water partition coefficient (Wildman–Crippen LogP) is 2.93. The van der Waals surface area contributed by atoms with Gasteiger partial charge in [0.1, 0.15) is 5.75 Å². The molecule has 0 fully saturated rings. The summed E-state index contributed by atoms with van der Waals surface area (Å²) in [7, 11) is 1.87. The number of ether oxygens (including phenoxy) is 1. The lowest BCUT2D eigenvalue weighted by Crippen LogP contribution is -2.10. The maximum absolute atomic E-state index is 6.09. The Bertz CT molecular complexity index is 534. The molecule has 0 saturated carbocycles. The summed E-state index contributed by atoms with van der Waals surface area (Å²) in [5.41, 5.74) is 8.05. The van der Waals surface area contributed by atoms with E-state index in [-0.39, 0.29) is 6.04 Å². The summed E-state index contributed by atoms with van der Waals surface area (Å²) in [4.78, 5) is 0. The molecule has 0 radical (unpaired) electrons. The van der Waals surface area contributed by atoms with Crippen molar-refractivity contribution in [3.8, 4) is 11.6 Å². The van der Waals surface area contributed by atoms with Gasteiger partial charge in [0.25, 0.3) is 0 Å². The van der Waals surface area contributed by atoms with E-state index in [2.05, 4.69) is 12.0 Å². The number of nitrogens with zero attached hydrogens (tertiary/aromatic N) is 2. The van der Waals surface area contributed by atoms with Crippen LogP contribution < -0.4 is 10.5 Å². The van der Waals surface area contributed by atoms with Crippen LogP contribution >= 0.6 is 0 Å². The summed E-state index contributed by atoms with van der Waals surface area (Å²) in [6.07, 6.45) is 0.880. The molecule has 0 aliphatic rings. The Hall–Kier alpha value is -1.81. The van der Waals surface area contributed by atoms with Gasteiger partial charge in [0.2, 0.25) is 5.88 Å². The van der Waals surface area contributed by atoms with Crippen molar-refractivity contribution in [1.82, 2.24) is 9.78 Å². The van der Waals surface area contributed by atoms with Crippen LogP contribution in [0.25, 0.3) is 0 Å². The Morgan fingerprint density at radius 1 is 1.39 bits per heavy atom. The monoisotopic (exact) mass is 245 g/mol. The number of hydrogen-bond acceptors (Lipinski definition) is 3. The zero-order valence-corrected chi connectivity index (χ0v) is 11.1. The van der Waals surface area contributed by atoms with Crippen molar-refractivity contribution in [2.24, 2.45) is 12.8 Å². The topological polar surface area (TPSA) is 53.1 Å². The van der Waals surface area contributed by atoms with Gasteiger partial charge in [-0.05, 0) is 19.4 Å². The number of rotatable bonds is 4. The molecular weight excluding hydrogens is 226 g/mol. The van der Waals surface area contributed by atoms with Crippen LogP contribution in [0.1, 0.15) is 30.6 Å². The molecule has 1 atom stereocenters. The van der Waals surface area contributed by atoms with Gasteiger partial charge >= 0.3 is 0 Å². The van der Waals surface area contributed by atoms with Gasteiger partial charge in [-0.25, -0.2) is 4.68 Å². The minimum atomic E-state index is -0.00414. The summed E-state index contributed by atoms with van der Waals surface area (Å²) in [6.45, 7) is 4.01. The number of aromatic nitrogens is 2. The lowest BCUT2D eigenvalue weighted by molar-refractivity contribution is 0.421. The summed E-state index contributed by atoms with van der Waals surface area (Å²) in [5.74, 6) is 1.53. The highest BCUT2D eigenvalue weighted by molar-refractivity contribution is 5.38. The fourth-order valence-electron chi connectivity index (χ4n) is 1.89. The minimum absolute atomic E-state index is 0.00414. The van der Waals surface area contributed by atoms with Crippen LogP contribution in [0.3, 0.4) is 0 Å². The summed E-state index contributed by atoms with van der Waals surface area (Å²) < 4.78 is 7.63. The lowest BCUT2D eigenvalue weighted by atomic mass is 10.0. The first-order valence-electron chi connectivity index (χ1n) is 6.14. The standard InChI is InChI=1S/C14H19N3O/c1-4-12(15)11-7-5-6-8-13(11)18-14-9-10(2)16-17(14)3/h5-9,12H,4,15H2,1-3H3/t12-/m1/s1. The van der Waals surface area contributed by atoms with Crippen molar-refractivity contribution in [3.63, 3.8) is 0 Å². The van der Waals surface area contributed by atoms with Gasteiger partial charge in [0.05, 0.1) is 5.69 Å². The molecule has 2 rings (SSSR count). The normalized spacial score (nSPS) is 12.4. The van der Waals surface area contributed by atoms with E-state index in [0.29, 0.717) is 0 Å². The summed E-state index contributed by atoms with van der Waals surface area (Å²) >= 11 is 0. The van der Waals surface area contributed by atoms with Crippen molar-refractivity contribution < 1.29 is 4.74 Å². The van der Waals surface area contributed by atoms with Gasteiger partial charge in [-0.1, -0.05) is 25.1 Å². The molecule has 0 spiro atoms.